The highest BCUT2D eigenvalue weighted by Crippen LogP contribution is 2.36. The van der Waals surface area contributed by atoms with Crippen LogP contribution in [-0.2, 0) is 6.54 Å². The fourth-order valence-corrected chi connectivity index (χ4v) is 5.11. The number of hydrogen-bond acceptors (Lipinski definition) is 5. The second-order valence-corrected chi connectivity index (χ2v) is 9.23. The molecule has 0 spiro atoms. The molecule has 1 heterocycles. The third-order valence-corrected chi connectivity index (χ3v) is 6.94. The van der Waals surface area contributed by atoms with Gasteiger partial charge in [0.15, 0.2) is 11.5 Å². The minimum absolute atomic E-state index is 0.259. The number of aromatic carboxylic acids is 1. The molecule has 0 aliphatic heterocycles. The summed E-state index contributed by atoms with van der Waals surface area (Å²) in [6.07, 6.45) is 5.89. The summed E-state index contributed by atoms with van der Waals surface area (Å²) in [5, 5.41) is 12.9. The van der Waals surface area contributed by atoms with Crippen molar-refractivity contribution >= 4 is 22.7 Å². The Morgan fingerprint density at radius 2 is 1.81 bits per heavy atom. The number of methoxy groups -OCH3 is 2. The van der Waals surface area contributed by atoms with Crippen molar-refractivity contribution < 1.29 is 19.4 Å². The van der Waals surface area contributed by atoms with Crippen LogP contribution in [0.4, 0.5) is 5.69 Å². The second-order valence-electron chi connectivity index (χ2n) is 9.23. The van der Waals surface area contributed by atoms with Crippen LogP contribution in [0, 0.1) is 0 Å². The first-order valence-corrected chi connectivity index (χ1v) is 12.4. The number of carbonyl (C=O) groups is 1. The van der Waals surface area contributed by atoms with Crippen LogP contribution < -0.4 is 14.8 Å². The summed E-state index contributed by atoms with van der Waals surface area (Å²) in [7, 11) is 3.25. The molecule has 0 saturated heterocycles. The standard InChI is InChI=1S/C29H31N3O4/c1-35-26-14-12-22(17-27(26)36-2)30-18-19-7-6-8-20(15-19)28-31-24-16-21(29(33)34)11-13-25(24)32(28)23-9-4-3-5-10-23/h6-8,11-17,23,30H,3-5,9-10,18H2,1-2H3,(H,33,34). The van der Waals surface area contributed by atoms with Gasteiger partial charge in [0, 0.05) is 29.9 Å². The highest BCUT2D eigenvalue weighted by atomic mass is 16.5. The zero-order chi connectivity index (χ0) is 25.1. The van der Waals surface area contributed by atoms with E-state index in [0.29, 0.717) is 24.1 Å². The van der Waals surface area contributed by atoms with Gasteiger partial charge >= 0.3 is 5.97 Å². The highest BCUT2D eigenvalue weighted by Gasteiger charge is 2.23. The minimum atomic E-state index is -0.936. The average molecular weight is 486 g/mol. The molecule has 186 valence electrons. The molecule has 1 fully saturated rings. The van der Waals surface area contributed by atoms with Crippen molar-refractivity contribution in [1.29, 1.82) is 0 Å². The number of rotatable bonds is 8. The zero-order valence-corrected chi connectivity index (χ0v) is 20.7. The first-order chi connectivity index (χ1) is 17.6. The summed E-state index contributed by atoms with van der Waals surface area (Å²) < 4.78 is 13.1. The van der Waals surface area contributed by atoms with Gasteiger partial charge in [-0.1, -0.05) is 37.5 Å². The maximum atomic E-state index is 11.6. The Hall–Kier alpha value is -4.00. The molecule has 1 saturated carbocycles. The molecule has 0 amide bonds. The number of anilines is 1. The smallest absolute Gasteiger partial charge is 0.335 e. The van der Waals surface area contributed by atoms with Crippen LogP contribution in [-0.4, -0.2) is 34.8 Å². The number of imidazole rings is 1. The molecule has 5 rings (SSSR count). The topological polar surface area (TPSA) is 85.6 Å². The molecule has 36 heavy (non-hydrogen) atoms. The highest BCUT2D eigenvalue weighted by molar-refractivity contribution is 5.93. The van der Waals surface area contributed by atoms with Gasteiger partial charge in [0.25, 0.3) is 0 Å². The summed E-state index contributed by atoms with van der Waals surface area (Å²) in [5.41, 5.74) is 5.07. The lowest BCUT2D eigenvalue weighted by Gasteiger charge is -2.25. The van der Waals surface area contributed by atoms with Crippen molar-refractivity contribution in [3.63, 3.8) is 0 Å². The molecule has 0 unspecified atom stereocenters. The van der Waals surface area contributed by atoms with Crippen LogP contribution in [0.5, 0.6) is 11.5 Å². The molecule has 3 aromatic carbocycles. The molecular weight excluding hydrogens is 454 g/mol. The van der Waals surface area contributed by atoms with Gasteiger partial charge < -0.3 is 24.5 Å². The Bertz CT molecular complexity index is 1390. The number of carboxylic acids is 1. The number of nitrogens with one attached hydrogen (secondary N) is 1. The summed E-state index contributed by atoms with van der Waals surface area (Å²) in [6, 6.07) is 19.8. The van der Waals surface area contributed by atoms with Crippen LogP contribution in [0.25, 0.3) is 22.4 Å². The van der Waals surface area contributed by atoms with Gasteiger partial charge in [0.05, 0.1) is 30.8 Å². The van der Waals surface area contributed by atoms with E-state index in [1.165, 1.54) is 19.3 Å². The largest absolute Gasteiger partial charge is 0.493 e. The van der Waals surface area contributed by atoms with E-state index in [2.05, 4.69) is 28.1 Å². The van der Waals surface area contributed by atoms with E-state index in [9.17, 15) is 9.90 Å². The van der Waals surface area contributed by atoms with Crippen LogP contribution in [0.3, 0.4) is 0 Å². The third kappa shape index (κ3) is 4.73. The minimum Gasteiger partial charge on any atom is -0.493 e. The van der Waals surface area contributed by atoms with Crippen molar-refractivity contribution in [1.82, 2.24) is 9.55 Å². The maximum absolute atomic E-state index is 11.6. The molecule has 2 N–H and O–H groups in total. The van der Waals surface area contributed by atoms with Crippen LogP contribution >= 0.6 is 0 Å². The lowest BCUT2D eigenvalue weighted by Crippen LogP contribution is -2.14. The summed E-state index contributed by atoms with van der Waals surface area (Å²) in [5.74, 6) is 1.33. The van der Waals surface area contributed by atoms with E-state index < -0.39 is 5.97 Å². The Kier molecular flexibility index (Phi) is 6.80. The van der Waals surface area contributed by atoms with E-state index in [0.717, 1.165) is 46.5 Å². The quantitative estimate of drug-likeness (QED) is 0.295. The van der Waals surface area contributed by atoms with Gasteiger partial charge in [-0.25, -0.2) is 9.78 Å². The van der Waals surface area contributed by atoms with Crippen molar-refractivity contribution in [2.75, 3.05) is 19.5 Å². The SMILES string of the molecule is COc1ccc(NCc2cccc(-c3nc4cc(C(=O)O)ccc4n3C3CCCCC3)c2)cc1OC. The molecular formula is C29H31N3O4. The number of nitrogens with zero attached hydrogens (tertiary/aromatic N) is 2. The van der Waals surface area contributed by atoms with E-state index in [-0.39, 0.29) is 5.56 Å². The van der Waals surface area contributed by atoms with Crippen LogP contribution in [0.15, 0.2) is 60.7 Å². The van der Waals surface area contributed by atoms with Crippen molar-refractivity contribution in [3.05, 3.63) is 71.8 Å². The van der Waals surface area contributed by atoms with E-state index in [1.54, 1.807) is 26.4 Å². The number of aromatic nitrogens is 2. The number of carboxylic acid groups (broad SMARTS) is 1. The second kappa shape index (κ2) is 10.3. The molecule has 0 atom stereocenters. The zero-order valence-electron chi connectivity index (χ0n) is 20.7. The van der Waals surface area contributed by atoms with Crippen molar-refractivity contribution in [3.8, 4) is 22.9 Å². The molecule has 0 radical (unpaired) electrons. The molecule has 4 aromatic rings. The number of hydrogen-bond donors (Lipinski definition) is 2. The van der Waals surface area contributed by atoms with E-state index in [1.807, 2.05) is 30.3 Å². The van der Waals surface area contributed by atoms with E-state index in [4.69, 9.17) is 14.5 Å². The van der Waals surface area contributed by atoms with Gasteiger partial charge in [-0.2, -0.15) is 0 Å². The molecule has 1 aliphatic rings. The molecule has 7 nitrogen and oxygen atoms in total. The summed E-state index contributed by atoms with van der Waals surface area (Å²) in [4.78, 5) is 16.5. The average Bonchev–Trinajstić information content (AvgIpc) is 3.31. The number of ether oxygens (including phenoxy) is 2. The van der Waals surface area contributed by atoms with Crippen LogP contribution in [0.2, 0.25) is 0 Å². The maximum Gasteiger partial charge on any atom is 0.335 e. The fraction of sp³-hybridized carbons (Fsp3) is 0.310. The Labute approximate surface area is 210 Å². The fourth-order valence-electron chi connectivity index (χ4n) is 5.11. The van der Waals surface area contributed by atoms with Crippen LogP contribution in [0.1, 0.15) is 54.1 Å². The molecule has 1 aliphatic carbocycles. The monoisotopic (exact) mass is 485 g/mol. The summed E-state index contributed by atoms with van der Waals surface area (Å²) in [6.45, 7) is 0.635. The molecule has 7 heteroatoms. The van der Waals surface area contributed by atoms with Gasteiger partial charge in [-0.3, -0.25) is 0 Å². The lowest BCUT2D eigenvalue weighted by molar-refractivity contribution is 0.0697. The van der Waals surface area contributed by atoms with Crippen molar-refractivity contribution in [2.24, 2.45) is 0 Å². The predicted molar refractivity (Wildman–Crippen MR) is 141 cm³/mol. The van der Waals surface area contributed by atoms with Gasteiger partial charge in [-0.05, 0) is 54.8 Å². The van der Waals surface area contributed by atoms with Crippen molar-refractivity contribution in [2.45, 2.75) is 44.7 Å². The first-order valence-electron chi connectivity index (χ1n) is 12.4. The lowest BCUT2D eigenvalue weighted by atomic mass is 9.94. The Morgan fingerprint density at radius 3 is 2.56 bits per heavy atom. The Balaban J connectivity index is 1.48. The number of benzene rings is 3. The molecule has 1 aromatic heterocycles. The Morgan fingerprint density at radius 1 is 1.00 bits per heavy atom. The van der Waals surface area contributed by atoms with Gasteiger partial charge in [0.1, 0.15) is 5.82 Å². The molecule has 0 bridgehead atoms. The third-order valence-electron chi connectivity index (χ3n) is 6.94. The van der Waals surface area contributed by atoms with E-state index >= 15 is 0 Å². The summed E-state index contributed by atoms with van der Waals surface area (Å²) >= 11 is 0. The van der Waals surface area contributed by atoms with Gasteiger partial charge in [0.2, 0.25) is 0 Å². The first kappa shape index (κ1) is 23.7. The number of fused-ring (bicyclic) bond motifs is 1. The normalized spacial score (nSPS) is 14.1. The predicted octanol–water partition coefficient (Wildman–Crippen LogP) is 6.54. The van der Waals surface area contributed by atoms with Gasteiger partial charge in [-0.15, -0.1) is 0 Å².